The van der Waals surface area contributed by atoms with Crippen LogP contribution in [-0.4, -0.2) is 96.9 Å². The molecule has 2 heterocycles. The summed E-state index contributed by atoms with van der Waals surface area (Å²) in [6.45, 7) is 6.69. The molecule has 2 aromatic carbocycles. The average Bonchev–Trinajstić information content (AvgIpc) is 3.20. The van der Waals surface area contributed by atoms with Gasteiger partial charge in [-0.05, 0) is 61.0 Å². The van der Waals surface area contributed by atoms with Gasteiger partial charge in [0.1, 0.15) is 11.9 Å². The van der Waals surface area contributed by atoms with Crippen molar-refractivity contribution in [3.8, 4) is 11.1 Å². The molecule has 0 fully saturated rings. The van der Waals surface area contributed by atoms with Crippen LogP contribution in [0.4, 0.5) is 27.3 Å². The third-order valence-electron chi connectivity index (χ3n) is 9.21. The van der Waals surface area contributed by atoms with Gasteiger partial charge >= 0.3 is 0 Å². The summed E-state index contributed by atoms with van der Waals surface area (Å²) in [5, 5.41) is 11.5. The van der Waals surface area contributed by atoms with Crippen molar-refractivity contribution in [3.63, 3.8) is 0 Å². The van der Waals surface area contributed by atoms with Crippen LogP contribution < -0.4 is 32.7 Å². The third kappa shape index (κ3) is 11.5. The van der Waals surface area contributed by atoms with Crippen molar-refractivity contribution >= 4 is 70.1 Å². The Morgan fingerprint density at radius 3 is 2.40 bits per heavy atom. The lowest BCUT2D eigenvalue weighted by Crippen LogP contribution is -2.48. The summed E-state index contributed by atoms with van der Waals surface area (Å²) >= 11 is 0. The van der Waals surface area contributed by atoms with Gasteiger partial charge in [-0.2, -0.15) is 0 Å². The zero-order valence-electron chi connectivity index (χ0n) is 32.6. The second-order valence-corrected chi connectivity index (χ2v) is 13.1. The molecule has 0 saturated carbocycles. The van der Waals surface area contributed by atoms with Crippen molar-refractivity contribution in [2.24, 2.45) is 0 Å². The molecule has 1 atom stereocenters. The maximum atomic E-state index is 15.2. The number of nitrogens with zero attached hydrogens (tertiary/aromatic N) is 3. The van der Waals surface area contributed by atoms with E-state index in [1.54, 1.807) is 51.1 Å². The first-order valence-corrected chi connectivity index (χ1v) is 18.6. The molecule has 308 valence electrons. The molecule has 4 rings (SSSR count). The maximum Gasteiger partial charge on any atom is 0.261 e. The van der Waals surface area contributed by atoms with E-state index in [4.69, 9.17) is 20.9 Å². The Hall–Kier alpha value is -6.53. The summed E-state index contributed by atoms with van der Waals surface area (Å²) in [5.74, 6) is -2.48. The molecule has 6 amide bonds. The lowest BCUT2D eigenvalue weighted by atomic mass is 9.97. The molecule has 0 radical (unpaired) electrons. The fourth-order valence-electron chi connectivity index (χ4n) is 6.01. The molecular weight excluding hydrogens is 753 g/mol. The Balaban J connectivity index is 1.12. The zero-order valence-corrected chi connectivity index (χ0v) is 32.6. The van der Waals surface area contributed by atoms with Crippen LogP contribution >= 0.6 is 0 Å². The van der Waals surface area contributed by atoms with Gasteiger partial charge in [0.25, 0.3) is 5.91 Å². The van der Waals surface area contributed by atoms with Gasteiger partial charge in [-0.3, -0.25) is 44.0 Å². The number of halogens is 1. The Labute approximate surface area is 334 Å². The van der Waals surface area contributed by atoms with Crippen LogP contribution in [-0.2, 0) is 33.4 Å². The smallest absolute Gasteiger partial charge is 0.261 e. The van der Waals surface area contributed by atoms with Crippen molar-refractivity contribution in [3.05, 3.63) is 71.4 Å². The highest BCUT2D eigenvalue weighted by Gasteiger charge is 2.30. The number of nitrogen functional groups attached to an aromatic ring is 2. The molecule has 2 aromatic heterocycles. The molecule has 18 heteroatoms. The summed E-state index contributed by atoms with van der Waals surface area (Å²) in [4.78, 5) is 82.2. The highest BCUT2D eigenvalue weighted by Crippen LogP contribution is 2.36. The van der Waals surface area contributed by atoms with Gasteiger partial charge in [-0.1, -0.05) is 19.4 Å². The van der Waals surface area contributed by atoms with E-state index in [0.29, 0.717) is 64.8 Å². The summed E-state index contributed by atoms with van der Waals surface area (Å²) < 4.78 is 26.3. The number of anilines is 4. The lowest BCUT2D eigenvalue weighted by Gasteiger charge is -2.25. The molecule has 8 N–H and O–H groups in total. The van der Waals surface area contributed by atoms with Gasteiger partial charge in [-0.25, -0.2) is 9.37 Å². The number of fused-ring (bicyclic) bond motifs is 1. The Bertz CT molecular complexity index is 2130. The largest absolute Gasteiger partial charge is 0.397 e. The number of nitrogens with two attached hydrogens (primary N) is 2. The number of hydrogen-bond donors (Lipinski definition) is 6. The number of amides is 6. The molecule has 0 spiro atoms. The predicted octanol–water partition coefficient (Wildman–Crippen LogP) is 3.24. The maximum absolute atomic E-state index is 15.2. The zero-order chi connectivity index (χ0) is 42.2. The summed E-state index contributed by atoms with van der Waals surface area (Å²) in [6.07, 6.45) is 5.64. The van der Waals surface area contributed by atoms with Crippen LogP contribution in [0.2, 0.25) is 0 Å². The van der Waals surface area contributed by atoms with Gasteiger partial charge in [-0.15, -0.1) is 0 Å². The van der Waals surface area contributed by atoms with Crippen molar-refractivity contribution in [1.82, 2.24) is 25.5 Å². The monoisotopic (exact) mass is 801 g/mol. The minimum atomic E-state index is -1.13. The summed E-state index contributed by atoms with van der Waals surface area (Å²) in [7, 11) is 0. The Morgan fingerprint density at radius 2 is 1.67 bits per heavy atom. The number of hydrogen-bond acceptors (Lipinski definition) is 13. The third-order valence-corrected chi connectivity index (χ3v) is 9.21. The van der Waals surface area contributed by atoms with Gasteiger partial charge < -0.3 is 36.9 Å². The molecule has 4 aromatic rings. The minimum Gasteiger partial charge on any atom is -0.397 e. The first-order chi connectivity index (χ1) is 27.9. The van der Waals surface area contributed by atoms with Crippen molar-refractivity contribution < 1.29 is 42.6 Å². The van der Waals surface area contributed by atoms with Gasteiger partial charge in [0.05, 0.1) is 44.0 Å². The van der Waals surface area contributed by atoms with Gasteiger partial charge in [0.15, 0.2) is 5.82 Å². The molecule has 0 aliphatic carbocycles. The van der Waals surface area contributed by atoms with Gasteiger partial charge in [0, 0.05) is 66.1 Å². The van der Waals surface area contributed by atoms with Crippen LogP contribution in [0.1, 0.15) is 54.1 Å². The second-order valence-electron chi connectivity index (χ2n) is 13.1. The van der Waals surface area contributed by atoms with E-state index in [1.165, 1.54) is 18.6 Å². The number of imide groups is 2. The fraction of sp³-hybridized carbons (Fsp3) is 0.350. The molecular formula is C40H48FN9O8. The number of aromatic nitrogens is 2. The van der Waals surface area contributed by atoms with Crippen LogP contribution in [0.15, 0.2) is 48.9 Å². The second kappa shape index (κ2) is 21.7. The number of carbonyl (C=O) groups is 6. The topological polar surface area (TPSA) is 250 Å². The molecule has 1 unspecified atom stereocenters. The minimum absolute atomic E-state index is 0.0168. The molecule has 58 heavy (non-hydrogen) atoms. The highest BCUT2D eigenvalue weighted by molar-refractivity contribution is 6.06. The van der Waals surface area contributed by atoms with Crippen LogP contribution in [0.3, 0.4) is 0 Å². The SMILES string of the molecule is CCCC(C(=O)NC=O)N(C=O)C(=O)c1cccc(NCCOCCOCCC(=O)NCCC(=O)Nc2cc3cc(-c4cncc(N)c4C)c(F)c(N)c3cn2)c1C. The first-order valence-electron chi connectivity index (χ1n) is 18.6. The van der Waals surface area contributed by atoms with E-state index < -0.39 is 23.7 Å². The van der Waals surface area contributed by atoms with Crippen molar-refractivity contribution in [2.75, 3.05) is 61.6 Å². The predicted molar refractivity (Wildman–Crippen MR) is 216 cm³/mol. The van der Waals surface area contributed by atoms with E-state index >= 15 is 4.39 Å². The number of ether oxygens (including phenoxy) is 2. The average molecular weight is 802 g/mol. The van der Waals surface area contributed by atoms with E-state index in [-0.39, 0.29) is 86.5 Å². The molecule has 0 bridgehead atoms. The number of nitrogens with one attached hydrogen (secondary N) is 4. The van der Waals surface area contributed by atoms with Crippen molar-refractivity contribution in [1.29, 1.82) is 0 Å². The van der Waals surface area contributed by atoms with E-state index in [9.17, 15) is 28.8 Å². The van der Waals surface area contributed by atoms with Gasteiger partial charge in [0.2, 0.25) is 30.5 Å². The standard InChI is InChI=1S/C40H48FN9O8/c1-4-6-33(39(55)48-22-51)50(23-52)40(56)27-7-5-8-32(25(27)3)45-12-14-58-16-15-57-13-10-35(53)46-11-9-36(54)49-34-18-26-17-28(29-19-44-21-31(42)24(29)2)37(41)38(43)30(26)20-47-34/h5,7-8,17-23,33,45H,4,6,9-16,42-43H2,1-3H3,(H,46,53)(H,47,49,54)(H,48,51,55). The summed E-state index contributed by atoms with van der Waals surface area (Å²) in [5.41, 5.74) is 15.2. The molecule has 0 aliphatic heterocycles. The fourth-order valence-corrected chi connectivity index (χ4v) is 6.01. The van der Waals surface area contributed by atoms with E-state index in [0.717, 1.165) is 4.90 Å². The first kappa shape index (κ1) is 44.2. The quantitative estimate of drug-likeness (QED) is 0.0380. The van der Waals surface area contributed by atoms with Crippen molar-refractivity contribution in [2.45, 2.75) is 52.5 Å². The van der Waals surface area contributed by atoms with E-state index in [1.807, 2.05) is 5.32 Å². The Kier molecular flexibility index (Phi) is 16.5. The summed E-state index contributed by atoms with van der Waals surface area (Å²) in [6, 6.07) is 7.02. The van der Waals surface area contributed by atoms with E-state index in [2.05, 4.69) is 25.9 Å². The number of pyridine rings is 2. The molecule has 0 aliphatic rings. The highest BCUT2D eigenvalue weighted by atomic mass is 19.1. The van der Waals surface area contributed by atoms with Crippen LogP contribution in [0, 0.1) is 19.7 Å². The van der Waals surface area contributed by atoms with Crippen LogP contribution in [0.25, 0.3) is 21.9 Å². The normalized spacial score (nSPS) is 11.4. The lowest BCUT2D eigenvalue weighted by molar-refractivity contribution is -0.133. The number of benzene rings is 2. The molecule has 0 saturated heterocycles. The number of rotatable bonds is 22. The Morgan fingerprint density at radius 1 is 0.914 bits per heavy atom. The van der Waals surface area contributed by atoms with Crippen LogP contribution in [0.5, 0.6) is 0 Å². The molecule has 17 nitrogen and oxygen atoms in total. The number of carbonyl (C=O) groups excluding carboxylic acids is 6.